The van der Waals surface area contributed by atoms with E-state index in [0.717, 1.165) is 0 Å². The smallest absolute Gasteiger partial charge is 0.277 e. The SMILES string of the molecule is COc1ccc(-c2c(-c3nc(C)n4nc[nH]c(=O)c34)cnn2C)c(F)c1. The van der Waals surface area contributed by atoms with E-state index in [1.54, 1.807) is 37.0 Å². The lowest BCUT2D eigenvalue weighted by atomic mass is 10.0. The largest absolute Gasteiger partial charge is 0.497 e. The van der Waals surface area contributed by atoms with E-state index in [2.05, 4.69) is 20.2 Å². The maximum atomic E-state index is 14.6. The van der Waals surface area contributed by atoms with Crippen LogP contribution in [0.3, 0.4) is 0 Å². The van der Waals surface area contributed by atoms with Gasteiger partial charge in [-0.05, 0) is 19.1 Å². The second-order valence-electron chi connectivity index (χ2n) is 5.76. The van der Waals surface area contributed by atoms with Crippen molar-refractivity contribution in [3.63, 3.8) is 0 Å². The number of H-pyrrole nitrogens is 1. The van der Waals surface area contributed by atoms with Gasteiger partial charge in [0.15, 0.2) is 5.52 Å². The maximum Gasteiger partial charge on any atom is 0.277 e. The molecule has 0 spiro atoms. The third kappa shape index (κ3) is 2.28. The molecule has 4 rings (SSSR count). The molecule has 132 valence electrons. The van der Waals surface area contributed by atoms with Gasteiger partial charge in [-0.3, -0.25) is 9.48 Å². The summed E-state index contributed by atoms with van der Waals surface area (Å²) in [6.07, 6.45) is 2.87. The van der Waals surface area contributed by atoms with Crippen molar-refractivity contribution in [3.8, 4) is 28.3 Å². The topological polar surface area (TPSA) is 90.1 Å². The van der Waals surface area contributed by atoms with Crippen LogP contribution < -0.4 is 10.3 Å². The second kappa shape index (κ2) is 5.80. The quantitative estimate of drug-likeness (QED) is 0.607. The average molecular weight is 354 g/mol. The molecule has 0 aliphatic rings. The lowest BCUT2D eigenvalue weighted by molar-refractivity contribution is 0.411. The Labute approximate surface area is 146 Å². The summed E-state index contributed by atoms with van der Waals surface area (Å²) in [5.41, 5.74) is 1.73. The molecule has 0 unspecified atom stereocenters. The zero-order valence-electron chi connectivity index (χ0n) is 14.3. The Morgan fingerprint density at radius 2 is 2.04 bits per heavy atom. The molecule has 3 aromatic heterocycles. The number of benzene rings is 1. The molecule has 0 radical (unpaired) electrons. The molecule has 26 heavy (non-hydrogen) atoms. The Kier molecular flexibility index (Phi) is 3.57. The van der Waals surface area contributed by atoms with E-state index in [0.29, 0.717) is 34.1 Å². The number of nitrogens with one attached hydrogen (secondary N) is 1. The van der Waals surface area contributed by atoms with Gasteiger partial charge in [-0.15, -0.1) is 0 Å². The van der Waals surface area contributed by atoms with Crippen LogP contribution in [0.4, 0.5) is 4.39 Å². The van der Waals surface area contributed by atoms with Crippen LogP contribution in [-0.4, -0.2) is 36.5 Å². The van der Waals surface area contributed by atoms with Crippen molar-refractivity contribution in [3.05, 3.63) is 52.7 Å². The summed E-state index contributed by atoms with van der Waals surface area (Å²) in [5, 5.41) is 8.35. The Morgan fingerprint density at radius 3 is 2.77 bits per heavy atom. The Balaban J connectivity index is 2.01. The molecule has 0 atom stereocenters. The first-order valence-corrected chi connectivity index (χ1v) is 7.80. The van der Waals surface area contributed by atoms with Gasteiger partial charge in [0.2, 0.25) is 0 Å². The van der Waals surface area contributed by atoms with Crippen LogP contribution in [0.25, 0.3) is 28.0 Å². The van der Waals surface area contributed by atoms with Crippen molar-refractivity contribution in [1.82, 2.24) is 29.4 Å². The van der Waals surface area contributed by atoms with Gasteiger partial charge >= 0.3 is 0 Å². The average Bonchev–Trinajstić information content (AvgIpc) is 3.16. The number of rotatable bonds is 3. The van der Waals surface area contributed by atoms with E-state index >= 15 is 0 Å². The number of aromatic amines is 1. The molecule has 1 N–H and O–H groups in total. The molecule has 0 aliphatic carbocycles. The van der Waals surface area contributed by atoms with E-state index in [1.165, 1.54) is 24.0 Å². The molecule has 0 saturated heterocycles. The van der Waals surface area contributed by atoms with Crippen molar-refractivity contribution < 1.29 is 9.13 Å². The molecular formula is C17H15FN6O2. The van der Waals surface area contributed by atoms with E-state index in [4.69, 9.17) is 4.74 Å². The van der Waals surface area contributed by atoms with Crippen molar-refractivity contribution in [1.29, 1.82) is 0 Å². The molecule has 9 heteroatoms. The Bertz CT molecular complexity index is 1190. The predicted molar refractivity (Wildman–Crippen MR) is 92.5 cm³/mol. The Morgan fingerprint density at radius 1 is 1.23 bits per heavy atom. The first-order chi connectivity index (χ1) is 12.5. The summed E-state index contributed by atoms with van der Waals surface area (Å²) in [4.78, 5) is 19.3. The van der Waals surface area contributed by atoms with Gasteiger partial charge in [-0.2, -0.15) is 10.2 Å². The number of hydrogen-bond donors (Lipinski definition) is 1. The number of ether oxygens (including phenoxy) is 1. The molecule has 8 nitrogen and oxygen atoms in total. The zero-order chi connectivity index (χ0) is 18.4. The van der Waals surface area contributed by atoms with Gasteiger partial charge in [0.25, 0.3) is 5.56 Å². The minimum atomic E-state index is -0.457. The molecule has 0 amide bonds. The molecule has 0 fully saturated rings. The normalized spacial score (nSPS) is 11.2. The highest BCUT2D eigenvalue weighted by Crippen LogP contribution is 2.35. The van der Waals surface area contributed by atoms with Crippen molar-refractivity contribution in [2.75, 3.05) is 7.11 Å². The van der Waals surface area contributed by atoms with E-state index in [9.17, 15) is 9.18 Å². The number of nitrogens with zero attached hydrogens (tertiary/aromatic N) is 5. The molecule has 0 bridgehead atoms. The highest BCUT2D eigenvalue weighted by atomic mass is 19.1. The number of fused-ring (bicyclic) bond motifs is 1. The number of imidazole rings is 1. The van der Waals surface area contributed by atoms with Gasteiger partial charge in [-0.1, -0.05) is 0 Å². The fourth-order valence-electron chi connectivity index (χ4n) is 3.02. The van der Waals surface area contributed by atoms with E-state index in [1.807, 2.05) is 0 Å². The number of hydrogen-bond acceptors (Lipinski definition) is 5. The van der Waals surface area contributed by atoms with Crippen molar-refractivity contribution in [2.24, 2.45) is 7.05 Å². The minimum absolute atomic E-state index is 0.285. The van der Waals surface area contributed by atoms with Crippen LogP contribution in [0.5, 0.6) is 5.75 Å². The second-order valence-corrected chi connectivity index (χ2v) is 5.76. The number of aromatic nitrogens is 6. The lowest BCUT2D eigenvalue weighted by Gasteiger charge is -2.08. The summed E-state index contributed by atoms with van der Waals surface area (Å²) < 4.78 is 22.7. The van der Waals surface area contributed by atoms with Gasteiger partial charge in [0.1, 0.15) is 29.4 Å². The number of halogens is 1. The fourth-order valence-corrected chi connectivity index (χ4v) is 3.02. The lowest BCUT2D eigenvalue weighted by Crippen LogP contribution is -2.11. The summed E-state index contributed by atoms with van der Waals surface area (Å²) in [5.74, 6) is 0.506. The highest BCUT2D eigenvalue weighted by molar-refractivity contribution is 5.86. The minimum Gasteiger partial charge on any atom is -0.497 e. The van der Waals surface area contributed by atoms with E-state index < -0.39 is 5.82 Å². The fraction of sp³-hybridized carbons (Fsp3) is 0.176. The summed E-state index contributed by atoms with van der Waals surface area (Å²) >= 11 is 0. The van der Waals surface area contributed by atoms with Gasteiger partial charge in [0.05, 0.1) is 19.0 Å². The summed E-state index contributed by atoms with van der Waals surface area (Å²) in [7, 11) is 3.18. The van der Waals surface area contributed by atoms with Gasteiger partial charge < -0.3 is 9.72 Å². The monoisotopic (exact) mass is 354 g/mol. The third-order valence-electron chi connectivity index (χ3n) is 4.23. The van der Waals surface area contributed by atoms with Crippen molar-refractivity contribution >= 4 is 5.52 Å². The standard InChI is InChI=1S/C17H15FN6O2/c1-9-22-14(16-17(25)19-8-21-24(9)16)12-7-20-23(2)15(12)11-5-4-10(26-3)6-13(11)18/h4-8H,1-3H3,(H,19,21,25). The summed E-state index contributed by atoms with van der Waals surface area (Å²) in [6, 6.07) is 4.58. The highest BCUT2D eigenvalue weighted by Gasteiger charge is 2.22. The molecule has 0 aliphatic heterocycles. The van der Waals surface area contributed by atoms with Crippen LogP contribution in [0.1, 0.15) is 5.82 Å². The van der Waals surface area contributed by atoms with Gasteiger partial charge in [-0.25, -0.2) is 13.9 Å². The van der Waals surface area contributed by atoms with Gasteiger partial charge in [0, 0.05) is 24.2 Å². The molecule has 4 aromatic rings. The first kappa shape index (κ1) is 16.0. The van der Waals surface area contributed by atoms with Crippen LogP contribution in [-0.2, 0) is 7.05 Å². The maximum absolute atomic E-state index is 14.6. The molecule has 0 saturated carbocycles. The van der Waals surface area contributed by atoms with Crippen LogP contribution in [0, 0.1) is 12.7 Å². The van der Waals surface area contributed by atoms with Crippen LogP contribution in [0.15, 0.2) is 35.5 Å². The molecular weight excluding hydrogens is 339 g/mol. The zero-order valence-corrected chi connectivity index (χ0v) is 14.3. The number of aryl methyl sites for hydroxylation is 2. The van der Waals surface area contributed by atoms with Crippen molar-refractivity contribution in [2.45, 2.75) is 6.92 Å². The summed E-state index contributed by atoms with van der Waals surface area (Å²) in [6.45, 7) is 1.74. The predicted octanol–water partition coefficient (Wildman–Crippen LogP) is 1.94. The van der Waals surface area contributed by atoms with E-state index in [-0.39, 0.29) is 11.1 Å². The number of methoxy groups -OCH3 is 1. The van der Waals surface area contributed by atoms with Crippen LogP contribution >= 0.6 is 0 Å². The van der Waals surface area contributed by atoms with Crippen LogP contribution in [0.2, 0.25) is 0 Å². The first-order valence-electron chi connectivity index (χ1n) is 7.80. The Hall–Kier alpha value is -3.49. The molecule has 1 aromatic carbocycles. The molecule has 3 heterocycles. The third-order valence-corrected chi connectivity index (χ3v) is 4.23.